The number of aromatic nitrogens is 1. The van der Waals surface area contributed by atoms with Crippen LogP contribution < -0.4 is 0 Å². The van der Waals surface area contributed by atoms with Gasteiger partial charge in [0.25, 0.3) is 0 Å². The van der Waals surface area contributed by atoms with E-state index in [4.69, 9.17) is 46.4 Å². The number of carbonyl (C=O) groups is 2. The number of carbonyl (C=O) groups excluding carboxylic acids is 2. The summed E-state index contributed by atoms with van der Waals surface area (Å²) in [5.41, 5.74) is 3.21. The van der Waals surface area contributed by atoms with Crippen molar-refractivity contribution >= 4 is 85.6 Å². The molecule has 0 unspecified atom stereocenters. The fourth-order valence-electron chi connectivity index (χ4n) is 3.79. The van der Waals surface area contributed by atoms with Crippen molar-refractivity contribution in [2.75, 3.05) is 0 Å². The van der Waals surface area contributed by atoms with Crippen molar-refractivity contribution in [2.24, 2.45) is 7.05 Å². The number of halogens is 4. The Kier molecular flexibility index (Phi) is 5.04. The predicted molar refractivity (Wildman–Crippen MR) is 129 cm³/mol. The molecule has 2 aromatic heterocycles. The number of allylic oxidation sites excluding steroid dienone is 1. The molecule has 1 aliphatic carbocycles. The van der Waals surface area contributed by atoms with Crippen LogP contribution in [0.1, 0.15) is 25.6 Å². The molecule has 0 N–H and O–H groups in total. The number of hydrogen-bond donors (Lipinski definition) is 0. The Bertz CT molecular complexity index is 1420. The van der Waals surface area contributed by atoms with Gasteiger partial charge in [0, 0.05) is 17.6 Å². The van der Waals surface area contributed by atoms with Crippen molar-refractivity contribution < 1.29 is 9.59 Å². The number of thiophene rings is 1. The third kappa shape index (κ3) is 3.09. The third-order valence-electron chi connectivity index (χ3n) is 5.32. The monoisotopic (exact) mass is 505 g/mol. The topological polar surface area (TPSA) is 39.1 Å². The number of fused-ring (bicyclic) bond motifs is 2. The van der Waals surface area contributed by atoms with Crippen molar-refractivity contribution in [1.82, 2.24) is 4.57 Å². The van der Waals surface area contributed by atoms with Crippen LogP contribution in [0.4, 0.5) is 0 Å². The summed E-state index contributed by atoms with van der Waals surface area (Å²) in [6.07, 6.45) is 1.58. The van der Waals surface area contributed by atoms with Crippen molar-refractivity contribution in [3.63, 3.8) is 0 Å². The molecule has 0 saturated heterocycles. The van der Waals surface area contributed by atoms with E-state index >= 15 is 0 Å². The van der Waals surface area contributed by atoms with Gasteiger partial charge in [0.15, 0.2) is 11.6 Å². The minimum atomic E-state index is -0.507. The Hall–Kier alpha value is -2.08. The first kappa shape index (κ1) is 20.8. The zero-order valence-corrected chi connectivity index (χ0v) is 19.6. The zero-order valence-electron chi connectivity index (χ0n) is 15.8. The number of nitrogens with zero attached hydrogens (tertiary/aromatic N) is 1. The molecule has 0 bridgehead atoms. The van der Waals surface area contributed by atoms with Gasteiger partial charge in [0.1, 0.15) is 0 Å². The molecular formula is C23H11Cl4NO2S. The Morgan fingerprint density at radius 3 is 1.97 bits per heavy atom. The van der Waals surface area contributed by atoms with Gasteiger partial charge in [-0.25, -0.2) is 0 Å². The molecule has 0 spiro atoms. The molecule has 2 aromatic carbocycles. The summed E-state index contributed by atoms with van der Waals surface area (Å²) in [5, 5.41) is -0.192. The number of ketones is 2. The average Bonchev–Trinajstić information content (AvgIpc) is 3.38. The molecule has 3 nitrogen and oxygen atoms in total. The lowest BCUT2D eigenvalue weighted by atomic mass is 10.1. The number of benzene rings is 2. The van der Waals surface area contributed by atoms with E-state index in [1.54, 1.807) is 6.08 Å². The summed E-state index contributed by atoms with van der Waals surface area (Å²) in [6, 6.07) is 14.1. The SMILES string of the molecule is Cn1c(-c2ccccc2)cc2sc(C=C3C(=O)c4c(Cl)c(Cl)c(Cl)c(Cl)c4C3=O)cc21. The second kappa shape index (κ2) is 7.51. The summed E-state index contributed by atoms with van der Waals surface area (Å²) in [7, 11) is 1.99. The summed E-state index contributed by atoms with van der Waals surface area (Å²) in [4.78, 5) is 26.7. The van der Waals surface area contributed by atoms with E-state index in [-0.39, 0.29) is 36.8 Å². The van der Waals surface area contributed by atoms with Crippen molar-refractivity contribution in [2.45, 2.75) is 0 Å². The fourth-order valence-corrected chi connectivity index (χ4v) is 5.89. The van der Waals surface area contributed by atoms with Crippen LogP contribution in [0.25, 0.3) is 27.6 Å². The van der Waals surface area contributed by atoms with Crippen molar-refractivity contribution in [3.8, 4) is 11.3 Å². The molecule has 1 aliphatic rings. The number of aryl methyl sites for hydroxylation is 1. The van der Waals surface area contributed by atoms with Crippen LogP contribution >= 0.6 is 57.7 Å². The van der Waals surface area contributed by atoms with Gasteiger partial charge >= 0.3 is 0 Å². The molecule has 0 amide bonds. The molecule has 8 heteroatoms. The number of rotatable bonds is 2. The lowest BCUT2D eigenvalue weighted by Gasteiger charge is -2.07. The smallest absolute Gasteiger partial charge is 0.199 e. The van der Waals surface area contributed by atoms with E-state index in [0.717, 1.165) is 26.4 Å². The van der Waals surface area contributed by atoms with Crippen LogP contribution in [-0.4, -0.2) is 16.1 Å². The molecular weight excluding hydrogens is 496 g/mol. The summed E-state index contributed by atoms with van der Waals surface area (Å²) in [5.74, 6) is -1.01. The maximum atomic E-state index is 13.0. The van der Waals surface area contributed by atoms with E-state index in [2.05, 4.69) is 22.8 Å². The molecule has 0 saturated carbocycles. The Morgan fingerprint density at radius 2 is 1.42 bits per heavy atom. The van der Waals surface area contributed by atoms with Gasteiger partial charge < -0.3 is 4.57 Å². The normalized spacial score (nSPS) is 13.4. The van der Waals surface area contributed by atoms with Crippen LogP contribution in [0.5, 0.6) is 0 Å². The van der Waals surface area contributed by atoms with E-state index in [9.17, 15) is 9.59 Å². The van der Waals surface area contributed by atoms with Gasteiger partial charge in [-0.2, -0.15) is 0 Å². The van der Waals surface area contributed by atoms with E-state index < -0.39 is 11.6 Å². The largest absolute Gasteiger partial charge is 0.343 e. The van der Waals surface area contributed by atoms with Crippen LogP contribution in [0, 0.1) is 0 Å². The maximum absolute atomic E-state index is 13.0. The van der Waals surface area contributed by atoms with Gasteiger partial charge in [-0.05, 0) is 23.8 Å². The van der Waals surface area contributed by atoms with Crippen molar-refractivity contribution in [1.29, 1.82) is 0 Å². The van der Waals surface area contributed by atoms with Crippen LogP contribution in [-0.2, 0) is 7.05 Å². The lowest BCUT2D eigenvalue weighted by Crippen LogP contribution is -2.00. The highest BCUT2D eigenvalue weighted by molar-refractivity contribution is 7.19. The van der Waals surface area contributed by atoms with Crippen LogP contribution in [0.15, 0.2) is 48.0 Å². The highest BCUT2D eigenvalue weighted by atomic mass is 35.5. The Labute approximate surface area is 201 Å². The molecule has 0 atom stereocenters. The fraction of sp³-hybridized carbons (Fsp3) is 0.0435. The van der Waals surface area contributed by atoms with E-state index in [1.807, 2.05) is 31.3 Å². The maximum Gasteiger partial charge on any atom is 0.199 e. The third-order valence-corrected chi connectivity index (χ3v) is 8.14. The number of hydrogen-bond acceptors (Lipinski definition) is 3. The Morgan fingerprint density at radius 1 is 0.839 bits per heavy atom. The minimum Gasteiger partial charge on any atom is -0.343 e. The first-order valence-electron chi connectivity index (χ1n) is 9.11. The first-order valence-corrected chi connectivity index (χ1v) is 11.4. The quantitative estimate of drug-likeness (QED) is 0.119. The summed E-state index contributed by atoms with van der Waals surface area (Å²) in [6.45, 7) is 0. The van der Waals surface area contributed by atoms with Gasteiger partial charge in [-0.15, -0.1) is 11.3 Å². The second-order valence-corrected chi connectivity index (χ2v) is 9.70. The molecule has 2 heterocycles. The lowest BCUT2D eigenvalue weighted by molar-refractivity contribution is 0.0990. The molecule has 0 radical (unpaired) electrons. The van der Waals surface area contributed by atoms with Crippen LogP contribution in [0.2, 0.25) is 20.1 Å². The van der Waals surface area contributed by atoms with E-state index in [0.29, 0.717) is 0 Å². The standard InChI is InChI=1S/C23H11Cl4NO2S/c1-28-13(10-5-3-2-4-6-10)9-15-14(28)8-11(31-15)7-12-22(29)16-17(23(12)30)19(25)21(27)20(26)18(16)24/h2-9H,1H3. The molecule has 4 aromatic rings. The molecule has 31 heavy (non-hydrogen) atoms. The summed E-state index contributed by atoms with van der Waals surface area (Å²) >= 11 is 26.1. The molecule has 0 aliphatic heterocycles. The average molecular weight is 507 g/mol. The van der Waals surface area contributed by atoms with Gasteiger partial charge in [-0.1, -0.05) is 76.7 Å². The molecule has 5 rings (SSSR count). The number of Topliss-reactive ketones (excluding diaryl/α,β-unsaturated/α-hetero) is 2. The Balaban J connectivity index is 1.60. The predicted octanol–water partition coefficient (Wildman–Crippen LogP) is 7.98. The highest BCUT2D eigenvalue weighted by Crippen LogP contribution is 2.46. The minimum absolute atomic E-state index is 0.00444. The molecule has 154 valence electrons. The summed E-state index contributed by atoms with van der Waals surface area (Å²) < 4.78 is 3.13. The van der Waals surface area contributed by atoms with Crippen LogP contribution in [0.3, 0.4) is 0 Å². The molecule has 0 fully saturated rings. The second-order valence-electron chi connectivity index (χ2n) is 7.08. The van der Waals surface area contributed by atoms with Crippen molar-refractivity contribution in [3.05, 3.63) is 84.1 Å². The zero-order chi connectivity index (χ0) is 22.0. The van der Waals surface area contributed by atoms with E-state index in [1.165, 1.54) is 11.3 Å². The first-order chi connectivity index (χ1) is 14.8. The highest BCUT2D eigenvalue weighted by Gasteiger charge is 2.39. The van der Waals surface area contributed by atoms with Gasteiger partial charge in [0.2, 0.25) is 0 Å². The van der Waals surface area contributed by atoms with Gasteiger partial charge in [0.05, 0.1) is 47.0 Å². The van der Waals surface area contributed by atoms with Gasteiger partial charge in [-0.3, -0.25) is 9.59 Å².